The van der Waals surface area contributed by atoms with E-state index < -0.39 is 0 Å². The van der Waals surface area contributed by atoms with Crippen molar-refractivity contribution in [1.29, 1.82) is 0 Å². The second-order valence-electron chi connectivity index (χ2n) is 13.8. The molecule has 0 saturated heterocycles. The fraction of sp³-hybridized carbons (Fsp3) is 0.0208. The summed E-state index contributed by atoms with van der Waals surface area (Å²) in [5.41, 5.74) is 12.9. The molecule has 264 valence electrons. The van der Waals surface area contributed by atoms with Crippen molar-refractivity contribution in [3.63, 3.8) is 0 Å². The van der Waals surface area contributed by atoms with Crippen molar-refractivity contribution in [2.24, 2.45) is 0 Å². The number of hydrogen-bond acceptors (Lipinski definition) is 7. The van der Waals surface area contributed by atoms with Gasteiger partial charge in [0.05, 0.1) is 15.7 Å². The lowest BCUT2D eigenvalue weighted by atomic mass is 9.87. The van der Waals surface area contributed by atoms with Gasteiger partial charge in [0.2, 0.25) is 0 Å². The van der Waals surface area contributed by atoms with Crippen molar-refractivity contribution in [1.82, 2.24) is 29.5 Å². The summed E-state index contributed by atoms with van der Waals surface area (Å²) < 4.78 is 9.53. The lowest BCUT2D eigenvalue weighted by Crippen LogP contribution is -2.07. The number of nitrogens with zero attached hydrogens (tertiary/aromatic N) is 6. The van der Waals surface area contributed by atoms with Gasteiger partial charge in [-0.05, 0) is 65.3 Å². The summed E-state index contributed by atoms with van der Waals surface area (Å²) in [6.45, 7) is 4.58. The maximum Gasteiger partial charge on any atom is 0.307 e. The zero-order valence-electron chi connectivity index (χ0n) is 29.9. The highest BCUT2D eigenvalue weighted by Gasteiger charge is 2.26. The zero-order chi connectivity index (χ0) is 37.2. The molecule has 0 fully saturated rings. The van der Waals surface area contributed by atoms with E-state index in [0.29, 0.717) is 29.9 Å². The third-order valence-corrected chi connectivity index (χ3v) is 11.4. The minimum atomic E-state index is 0.568. The van der Waals surface area contributed by atoms with Crippen LogP contribution in [0.4, 0.5) is 0 Å². The SMILES string of the molecule is C=C1Cc2c(c3ccccc3n2-c2nc3ccccc3o2)C=C1c1cccc(-c2nc3cc(-c4nc(-c5ccccc5)nc(-c5ccccc5)n4)ccc3s2)c1. The minimum Gasteiger partial charge on any atom is -0.423 e. The molecule has 1 aliphatic carbocycles. The van der Waals surface area contributed by atoms with Crippen molar-refractivity contribution in [2.75, 3.05) is 0 Å². The first-order chi connectivity index (χ1) is 27.6. The summed E-state index contributed by atoms with van der Waals surface area (Å²) in [6, 6.07) is 51.8. The van der Waals surface area contributed by atoms with Gasteiger partial charge in [-0.2, -0.15) is 4.98 Å². The van der Waals surface area contributed by atoms with Gasteiger partial charge in [-0.15, -0.1) is 11.3 Å². The maximum absolute atomic E-state index is 6.29. The van der Waals surface area contributed by atoms with Crippen LogP contribution in [0.15, 0.2) is 168 Å². The number of rotatable bonds is 6. The molecule has 0 spiro atoms. The summed E-state index contributed by atoms with van der Waals surface area (Å²) in [5, 5.41) is 2.10. The van der Waals surface area contributed by atoms with Gasteiger partial charge >= 0.3 is 6.01 Å². The van der Waals surface area contributed by atoms with Gasteiger partial charge in [-0.3, -0.25) is 4.57 Å². The number of oxazole rings is 1. The third-order valence-electron chi connectivity index (χ3n) is 10.3. The standard InChI is InChI=1S/C48H30N6OS/c1-29-25-41-37(35-19-8-10-21-40(35)54(41)48-50-38-20-9-11-22-42(38)55-48)28-36(29)32-17-12-18-34(26-32)47-49-39-27-33(23-24-43(39)56-47)46-52-44(30-13-4-2-5-14-30)51-45(53-46)31-15-6-3-7-16-31/h2-24,26-28H,1,25H2. The molecule has 11 rings (SSSR count). The van der Waals surface area contributed by atoms with E-state index in [1.165, 1.54) is 0 Å². The first-order valence-electron chi connectivity index (χ1n) is 18.4. The highest BCUT2D eigenvalue weighted by atomic mass is 32.1. The van der Waals surface area contributed by atoms with Gasteiger partial charge in [0, 0.05) is 45.3 Å². The van der Waals surface area contributed by atoms with E-state index >= 15 is 0 Å². The summed E-state index contributed by atoms with van der Waals surface area (Å²) in [6.07, 6.45) is 2.94. The molecule has 0 radical (unpaired) electrons. The third kappa shape index (κ3) is 5.46. The molecule has 4 aromatic heterocycles. The van der Waals surface area contributed by atoms with Crippen LogP contribution in [-0.2, 0) is 6.42 Å². The van der Waals surface area contributed by atoms with E-state index in [0.717, 1.165) is 87.4 Å². The van der Waals surface area contributed by atoms with E-state index in [-0.39, 0.29) is 0 Å². The Kier molecular flexibility index (Phi) is 7.43. The molecule has 0 aliphatic heterocycles. The average molecular weight is 739 g/mol. The molecule has 10 aromatic rings. The number of benzene rings is 6. The molecule has 4 heterocycles. The zero-order valence-corrected chi connectivity index (χ0v) is 30.7. The minimum absolute atomic E-state index is 0.568. The Morgan fingerprint density at radius 3 is 1.98 bits per heavy atom. The Morgan fingerprint density at radius 2 is 1.21 bits per heavy atom. The average Bonchev–Trinajstić information content (AvgIpc) is 3.97. The smallest absolute Gasteiger partial charge is 0.307 e. The van der Waals surface area contributed by atoms with Crippen LogP contribution in [-0.4, -0.2) is 29.5 Å². The highest BCUT2D eigenvalue weighted by molar-refractivity contribution is 7.21. The number of hydrogen-bond donors (Lipinski definition) is 0. The van der Waals surface area contributed by atoms with Gasteiger partial charge in [-0.1, -0.05) is 116 Å². The molecular formula is C48H30N6OS. The monoisotopic (exact) mass is 738 g/mol. The largest absolute Gasteiger partial charge is 0.423 e. The Morgan fingerprint density at radius 1 is 0.554 bits per heavy atom. The molecule has 0 saturated carbocycles. The van der Waals surface area contributed by atoms with Crippen LogP contribution >= 0.6 is 11.3 Å². The van der Waals surface area contributed by atoms with E-state index in [1.54, 1.807) is 11.3 Å². The summed E-state index contributed by atoms with van der Waals surface area (Å²) in [4.78, 5) is 24.7. The second-order valence-corrected chi connectivity index (χ2v) is 14.9. The Balaban J connectivity index is 0.966. The Hall–Kier alpha value is -7.29. The predicted molar refractivity (Wildman–Crippen MR) is 226 cm³/mol. The van der Waals surface area contributed by atoms with Crippen LogP contribution in [0.5, 0.6) is 0 Å². The topological polar surface area (TPSA) is 82.5 Å². The van der Waals surface area contributed by atoms with Crippen LogP contribution in [0.25, 0.3) is 94.6 Å². The predicted octanol–water partition coefficient (Wildman–Crippen LogP) is 11.9. The Labute approximate surface area is 325 Å². The van der Waals surface area contributed by atoms with Crippen LogP contribution in [0.1, 0.15) is 16.8 Å². The Bertz CT molecular complexity index is 3100. The lowest BCUT2D eigenvalue weighted by molar-refractivity contribution is 0.564. The molecule has 1 aliphatic rings. The van der Waals surface area contributed by atoms with Gasteiger partial charge in [0.25, 0.3) is 0 Å². The first-order valence-corrected chi connectivity index (χ1v) is 19.2. The van der Waals surface area contributed by atoms with E-state index in [1.807, 2.05) is 84.9 Å². The number of aromatic nitrogens is 6. The molecule has 0 bridgehead atoms. The van der Waals surface area contributed by atoms with Crippen molar-refractivity contribution in [3.05, 3.63) is 181 Å². The van der Waals surface area contributed by atoms with Gasteiger partial charge in [0.1, 0.15) is 10.5 Å². The van der Waals surface area contributed by atoms with Crippen LogP contribution in [0.3, 0.4) is 0 Å². The number of thiazole rings is 1. The van der Waals surface area contributed by atoms with Crippen LogP contribution < -0.4 is 0 Å². The summed E-state index contributed by atoms with van der Waals surface area (Å²) >= 11 is 1.68. The van der Waals surface area contributed by atoms with Crippen molar-refractivity contribution < 1.29 is 4.42 Å². The van der Waals surface area contributed by atoms with Crippen LogP contribution in [0.2, 0.25) is 0 Å². The van der Waals surface area contributed by atoms with Gasteiger partial charge < -0.3 is 4.42 Å². The van der Waals surface area contributed by atoms with E-state index in [2.05, 4.69) is 84.0 Å². The van der Waals surface area contributed by atoms with Crippen molar-refractivity contribution >= 4 is 55.2 Å². The molecule has 0 unspecified atom stereocenters. The summed E-state index contributed by atoms with van der Waals surface area (Å²) in [7, 11) is 0. The highest BCUT2D eigenvalue weighted by Crippen LogP contribution is 2.42. The van der Waals surface area contributed by atoms with Crippen LogP contribution in [0, 0.1) is 0 Å². The molecule has 6 aromatic carbocycles. The van der Waals surface area contributed by atoms with E-state index in [9.17, 15) is 0 Å². The molecule has 0 atom stereocenters. The number of fused-ring (bicyclic) bond motifs is 5. The quantitative estimate of drug-likeness (QED) is 0.169. The summed E-state index contributed by atoms with van der Waals surface area (Å²) in [5.74, 6) is 1.87. The first kappa shape index (κ1) is 32.2. The molecule has 56 heavy (non-hydrogen) atoms. The molecule has 0 N–H and O–H groups in total. The van der Waals surface area contributed by atoms with Gasteiger partial charge in [-0.25, -0.2) is 19.9 Å². The lowest BCUT2D eigenvalue weighted by Gasteiger charge is -2.19. The molecular weight excluding hydrogens is 709 g/mol. The van der Waals surface area contributed by atoms with Gasteiger partial charge in [0.15, 0.2) is 23.1 Å². The molecule has 7 nitrogen and oxygen atoms in total. The van der Waals surface area contributed by atoms with Crippen molar-refractivity contribution in [3.8, 4) is 50.7 Å². The maximum atomic E-state index is 6.29. The normalized spacial score (nSPS) is 12.7. The number of allylic oxidation sites excluding steroid dienone is 2. The van der Waals surface area contributed by atoms with Crippen molar-refractivity contribution in [2.45, 2.75) is 6.42 Å². The van der Waals surface area contributed by atoms with E-state index in [4.69, 9.17) is 29.3 Å². The second kappa shape index (κ2) is 12.9. The number of para-hydroxylation sites is 3. The fourth-order valence-corrected chi connectivity index (χ4v) is 8.55. The molecule has 0 amide bonds. The molecule has 8 heteroatoms. The fourth-order valence-electron chi connectivity index (χ4n) is 7.61.